The van der Waals surface area contributed by atoms with Crippen LogP contribution in [0, 0.1) is 0 Å². The Morgan fingerprint density at radius 2 is 2.21 bits per heavy atom. The van der Waals surface area contributed by atoms with Crippen LogP contribution in [-0.4, -0.2) is 41.7 Å². The Balaban J connectivity index is 2.00. The lowest BCUT2D eigenvalue weighted by Gasteiger charge is -2.34. The topological polar surface area (TPSA) is 52.6 Å². The monoisotopic (exact) mass is 282 g/mol. The number of rotatable bonds is 6. The van der Waals surface area contributed by atoms with Crippen LogP contribution < -0.4 is 5.32 Å². The standard InChI is InChI=1S/C14H22N2O2S/c1-2-9-16(11-5-7-15-8-6-11)10-12-3-4-13(19-12)14(17)18/h3-4,11,15H,2,5-10H2,1H3,(H,17,18). The SMILES string of the molecule is CCCN(Cc1ccc(C(=O)O)s1)C1CCNCC1. The van der Waals surface area contributed by atoms with Crippen molar-refractivity contribution in [2.24, 2.45) is 0 Å². The minimum absolute atomic E-state index is 0.441. The second-order valence-electron chi connectivity index (χ2n) is 5.02. The van der Waals surface area contributed by atoms with E-state index in [2.05, 4.69) is 17.1 Å². The quantitative estimate of drug-likeness (QED) is 0.841. The fourth-order valence-corrected chi connectivity index (χ4v) is 3.50. The molecule has 0 radical (unpaired) electrons. The van der Waals surface area contributed by atoms with E-state index in [4.69, 9.17) is 5.11 Å². The summed E-state index contributed by atoms with van der Waals surface area (Å²) in [6.45, 7) is 6.36. The van der Waals surface area contributed by atoms with Gasteiger partial charge in [0.2, 0.25) is 0 Å². The molecule has 1 aromatic heterocycles. The first-order valence-corrected chi connectivity index (χ1v) is 7.79. The largest absolute Gasteiger partial charge is 0.477 e. The molecule has 0 atom stereocenters. The number of hydrogen-bond donors (Lipinski definition) is 2. The normalized spacial score (nSPS) is 16.9. The van der Waals surface area contributed by atoms with Gasteiger partial charge < -0.3 is 10.4 Å². The number of piperidine rings is 1. The first-order valence-electron chi connectivity index (χ1n) is 6.97. The lowest BCUT2D eigenvalue weighted by atomic mass is 10.0. The Bertz CT molecular complexity index is 413. The highest BCUT2D eigenvalue weighted by Crippen LogP contribution is 2.21. The summed E-state index contributed by atoms with van der Waals surface area (Å²) in [7, 11) is 0. The number of nitrogens with zero attached hydrogens (tertiary/aromatic N) is 1. The number of carboxylic acids is 1. The Kier molecular flexibility index (Phi) is 5.36. The van der Waals surface area contributed by atoms with E-state index in [0.717, 1.165) is 37.5 Å². The average Bonchev–Trinajstić information content (AvgIpc) is 2.88. The van der Waals surface area contributed by atoms with Crippen LogP contribution in [0.15, 0.2) is 12.1 Å². The van der Waals surface area contributed by atoms with E-state index in [1.54, 1.807) is 6.07 Å². The number of nitrogens with one attached hydrogen (secondary N) is 1. The highest BCUT2D eigenvalue weighted by molar-refractivity contribution is 7.13. The highest BCUT2D eigenvalue weighted by Gasteiger charge is 2.21. The third-order valence-electron chi connectivity index (χ3n) is 3.57. The van der Waals surface area contributed by atoms with Crippen molar-refractivity contribution in [3.8, 4) is 0 Å². The van der Waals surface area contributed by atoms with E-state index >= 15 is 0 Å². The van der Waals surface area contributed by atoms with E-state index in [0.29, 0.717) is 10.9 Å². The fourth-order valence-electron chi connectivity index (χ4n) is 2.63. The molecule has 0 aromatic carbocycles. The van der Waals surface area contributed by atoms with Crippen molar-refractivity contribution in [3.05, 3.63) is 21.9 Å². The number of carboxylic acid groups (broad SMARTS) is 1. The van der Waals surface area contributed by atoms with Gasteiger partial charge in [-0.25, -0.2) is 4.79 Å². The van der Waals surface area contributed by atoms with Crippen LogP contribution in [0.25, 0.3) is 0 Å². The van der Waals surface area contributed by atoms with Crippen molar-refractivity contribution in [1.29, 1.82) is 0 Å². The smallest absolute Gasteiger partial charge is 0.345 e. The van der Waals surface area contributed by atoms with E-state index in [-0.39, 0.29) is 0 Å². The molecule has 2 rings (SSSR count). The number of thiophene rings is 1. The van der Waals surface area contributed by atoms with Gasteiger partial charge in [-0.05, 0) is 51.0 Å². The van der Waals surface area contributed by atoms with E-state index in [1.807, 2.05) is 6.07 Å². The number of carbonyl (C=O) groups is 1. The van der Waals surface area contributed by atoms with Crippen LogP contribution in [0.4, 0.5) is 0 Å². The lowest BCUT2D eigenvalue weighted by Crippen LogP contribution is -2.42. The van der Waals surface area contributed by atoms with Crippen LogP contribution in [0.5, 0.6) is 0 Å². The van der Waals surface area contributed by atoms with Crippen LogP contribution >= 0.6 is 11.3 Å². The van der Waals surface area contributed by atoms with Crippen molar-refractivity contribution in [3.63, 3.8) is 0 Å². The third-order valence-corrected chi connectivity index (χ3v) is 4.63. The fraction of sp³-hybridized carbons (Fsp3) is 0.643. The molecule has 4 nitrogen and oxygen atoms in total. The van der Waals surface area contributed by atoms with Crippen LogP contribution in [0.1, 0.15) is 40.7 Å². The molecule has 106 valence electrons. The Morgan fingerprint density at radius 3 is 2.79 bits per heavy atom. The molecular formula is C14H22N2O2S. The van der Waals surface area contributed by atoms with Crippen molar-refractivity contribution in [2.45, 2.75) is 38.8 Å². The zero-order chi connectivity index (χ0) is 13.7. The van der Waals surface area contributed by atoms with Crippen molar-refractivity contribution in [2.75, 3.05) is 19.6 Å². The summed E-state index contributed by atoms with van der Waals surface area (Å²) in [5.74, 6) is -0.819. The van der Waals surface area contributed by atoms with Crippen molar-refractivity contribution >= 4 is 17.3 Å². The van der Waals surface area contributed by atoms with Crippen molar-refractivity contribution in [1.82, 2.24) is 10.2 Å². The highest BCUT2D eigenvalue weighted by atomic mass is 32.1. The van der Waals surface area contributed by atoms with Crippen molar-refractivity contribution < 1.29 is 9.90 Å². The molecule has 0 unspecified atom stereocenters. The third kappa shape index (κ3) is 4.03. The molecule has 0 spiro atoms. The summed E-state index contributed by atoms with van der Waals surface area (Å²) in [5.41, 5.74) is 0. The molecule has 5 heteroatoms. The predicted octanol–water partition coefficient (Wildman–Crippen LogP) is 2.41. The minimum Gasteiger partial charge on any atom is -0.477 e. The molecule has 1 aliphatic heterocycles. The average molecular weight is 282 g/mol. The molecule has 0 aliphatic carbocycles. The number of hydrogen-bond acceptors (Lipinski definition) is 4. The second-order valence-corrected chi connectivity index (χ2v) is 6.19. The number of aromatic carboxylic acids is 1. The summed E-state index contributed by atoms with van der Waals surface area (Å²) in [6, 6.07) is 4.31. The summed E-state index contributed by atoms with van der Waals surface area (Å²) in [4.78, 5) is 15.0. The molecular weight excluding hydrogens is 260 g/mol. The van der Waals surface area contributed by atoms with Gasteiger partial charge in [0.25, 0.3) is 0 Å². The zero-order valence-electron chi connectivity index (χ0n) is 11.4. The molecule has 2 N–H and O–H groups in total. The summed E-state index contributed by atoms with van der Waals surface area (Å²) in [5, 5.41) is 12.4. The van der Waals surface area contributed by atoms with E-state index in [9.17, 15) is 4.79 Å². The second kappa shape index (κ2) is 7.03. The van der Waals surface area contributed by atoms with Gasteiger partial charge in [0, 0.05) is 17.5 Å². The van der Waals surface area contributed by atoms with Gasteiger partial charge in [-0.2, -0.15) is 0 Å². The zero-order valence-corrected chi connectivity index (χ0v) is 12.2. The maximum absolute atomic E-state index is 10.9. The first kappa shape index (κ1) is 14.5. The lowest BCUT2D eigenvalue weighted by molar-refractivity contribution is 0.0702. The molecule has 1 aliphatic rings. The maximum atomic E-state index is 10.9. The minimum atomic E-state index is -0.819. The summed E-state index contributed by atoms with van der Waals surface area (Å²) < 4.78 is 0. The predicted molar refractivity (Wildman–Crippen MR) is 77.9 cm³/mol. The summed E-state index contributed by atoms with van der Waals surface area (Å²) >= 11 is 1.40. The molecule has 0 amide bonds. The molecule has 1 aromatic rings. The molecule has 0 saturated carbocycles. The molecule has 1 saturated heterocycles. The van der Waals surface area contributed by atoms with Crippen LogP contribution in [0.2, 0.25) is 0 Å². The van der Waals surface area contributed by atoms with Crippen LogP contribution in [0.3, 0.4) is 0 Å². The van der Waals surface area contributed by atoms with Gasteiger partial charge in [-0.15, -0.1) is 11.3 Å². The summed E-state index contributed by atoms with van der Waals surface area (Å²) in [6.07, 6.45) is 3.52. The van der Waals surface area contributed by atoms with E-state index < -0.39 is 5.97 Å². The Morgan fingerprint density at radius 1 is 1.47 bits per heavy atom. The first-order chi connectivity index (χ1) is 9.20. The maximum Gasteiger partial charge on any atom is 0.345 e. The van der Waals surface area contributed by atoms with Crippen LogP contribution in [-0.2, 0) is 6.54 Å². The molecule has 1 fully saturated rings. The van der Waals surface area contributed by atoms with E-state index in [1.165, 1.54) is 24.2 Å². The molecule has 0 bridgehead atoms. The van der Waals surface area contributed by atoms with Gasteiger partial charge in [0.05, 0.1) is 0 Å². The van der Waals surface area contributed by atoms with Gasteiger partial charge in [-0.1, -0.05) is 6.92 Å². The Hall–Kier alpha value is -0.910. The van der Waals surface area contributed by atoms with Gasteiger partial charge in [-0.3, -0.25) is 4.90 Å². The van der Waals surface area contributed by atoms with Gasteiger partial charge in [0.15, 0.2) is 0 Å². The molecule has 2 heterocycles. The van der Waals surface area contributed by atoms with Gasteiger partial charge in [0.1, 0.15) is 4.88 Å². The van der Waals surface area contributed by atoms with Gasteiger partial charge >= 0.3 is 5.97 Å². The Labute approximate surface area is 118 Å². The molecule has 19 heavy (non-hydrogen) atoms.